The number of piperidine rings is 1. The lowest BCUT2D eigenvalue weighted by atomic mass is 10.0. The molecule has 5 nitrogen and oxygen atoms in total. The molecule has 1 saturated heterocycles. The van der Waals surface area contributed by atoms with Gasteiger partial charge in [-0.3, -0.25) is 4.68 Å². The van der Waals surface area contributed by atoms with E-state index < -0.39 is 5.97 Å². The van der Waals surface area contributed by atoms with Gasteiger partial charge in [-0.25, -0.2) is 4.79 Å². The molecular formula is C15H16ClN3O2. The van der Waals surface area contributed by atoms with Crippen LogP contribution in [-0.2, 0) is 0 Å². The Bertz CT molecular complexity index is 634. The molecular weight excluding hydrogens is 290 g/mol. The van der Waals surface area contributed by atoms with Gasteiger partial charge in [-0.05, 0) is 37.1 Å². The molecule has 1 fully saturated rings. The van der Waals surface area contributed by atoms with Gasteiger partial charge in [0.2, 0.25) is 0 Å². The van der Waals surface area contributed by atoms with Crippen molar-refractivity contribution < 1.29 is 9.90 Å². The van der Waals surface area contributed by atoms with Gasteiger partial charge in [0.1, 0.15) is 0 Å². The molecule has 1 aliphatic heterocycles. The smallest absolute Gasteiger partial charge is 0.335 e. The van der Waals surface area contributed by atoms with Crippen molar-refractivity contribution in [1.29, 1.82) is 0 Å². The number of anilines is 1. The van der Waals surface area contributed by atoms with Crippen molar-refractivity contribution in [1.82, 2.24) is 9.78 Å². The number of carboxylic acid groups (broad SMARTS) is 1. The molecule has 21 heavy (non-hydrogen) atoms. The maximum absolute atomic E-state index is 11.1. The number of aromatic nitrogens is 2. The van der Waals surface area contributed by atoms with Gasteiger partial charge in [-0.15, -0.1) is 0 Å². The SMILES string of the molecule is O=C(O)c1ccc(Cl)c(N2CCC(n3cccn3)CC2)c1. The Hall–Kier alpha value is -2.01. The van der Waals surface area contributed by atoms with Crippen LogP contribution in [0.15, 0.2) is 36.7 Å². The molecule has 0 saturated carbocycles. The number of aromatic carboxylic acids is 1. The quantitative estimate of drug-likeness (QED) is 0.947. The van der Waals surface area contributed by atoms with E-state index in [0.29, 0.717) is 11.1 Å². The molecule has 0 radical (unpaired) electrons. The zero-order chi connectivity index (χ0) is 14.8. The first-order valence-electron chi connectivity index (χ1n) is 6.92. The standard InChI is InChI=1S/C15H16ClN3O2/c16-13-3-2-11(15(20)21)10-14(13)18-8-4-12(5-9-18)19-7-1-6-17-19/h1-3,6-7,10,12H,4-5,8-9H2,(H,20,21). The summed E-state index contributed by atoms with van der Waals surface area (Å²) in [7, 11) is 0. The Balaban J connectivity index is 1.75. The molecule has 3 rings (SSSR count). The van der Waals surface area contributed by atoms with Crippen LogP contribution in [0, 0.1) is 0 Å². The Labute approximate surface area is 127 Å². The number of halogens is 1. The van der Waals surface area contributed by atoms with Gasteiger partial charge in [0.25, 0.3) is 0 Å². The number of carboxylic acids is 1. The lowest BCUT2D eigenvalue weighted by Gasteiger charge is -2.34. The van der Waals surface area contributed by atoms with Crippen molar-refractivity contribution in [3.63, 3.8) is 0 Å². The molecule has 6 heteroatoms. The minimum absolute atomic E-state index is 0.267. The highest BCUT2D eigenvalue weighted by Gasteiger charge is 2.22. The molecule has 1 N–H and O–H groups in total. The Kier molecular flexibility index (Phi) is 3.84. The van der Waals surface area contributed by atoms with Crippen molar-refractivity contribution in [3.05, 3.63) is 47.2 Å². The summed E-state index contributed by atoms with van der Waals surface area (Å²) >= 11 is 6.22. The summed E-state index contributed by atoms with van der Waals surface area (Å²) in [6.45, 7) is 1.68. The number of nitrogens with zero attached hydrogens (tertiary/aromatic N) is 3. The Morgan fingerprint density at radius 3 is 2.71 bits per heavy atom. The van der Waals surface area contributed by atoms with Gasteiger partial charge in [0.15, 0.2) is 0 Å². The monoisotopic (exact) mass is 305 g/mol. The van der Waals surface area contributed by atoms with E-state index in [2.05, 4.69) is 10.00 Å². The summed E-state index contributed by atoms with van der Waals surface area (Å²) in [6.07, 6.45) is 5.71. The normalized spacial score (nSPS) is 16.1. The summed E-state index contributed by atoms with van der Waals surface area (Å²) in [4.78, 5) is 13.2. The zero-order valence-electron chi connectivity index (χ0n) is 11.4. The molecule has 0 spiro atoms. The number of benzene rings is 1. The van der Waals surface area contributed by atoms with E-state index >= 15 is 0 Å². The number of carbonyl (C=O) groups is 1. The van der Waals surface area contributed by atoms with Crippen LogP contribution in [0.1, 0.15) is 29.2 Å². The second kappa shape index (κ2) is 5.77. The molecule has 110 valence electrons. The predicted octanol–water partition coefficient (Wildman–Crippen LogP) is 3.08. The fourth-order valence-corrected chi connectivity index (χ4v) is 2.99. The lowest BCUT2D eigenvalue weighted by Crippen LogP contribution is -2.35. The minimum Gasteiger partial charge on any atom is -0.478 e. The largest absolute Gasteiger partial charge is 0.478 e. The molecule has 1 aliphatic rings. The molecule has 0 aliphatic carbocycles. The third-order valence-corrected chi connectivity index (χ3v) is 4.22. The maximum Gasteiger partial charge on any atom is 0.335 e. The second-order valence-electron chi connectivity index (χ2n) is 5.18. The highest BCUT2D eigenvalue weighted by atomic mass is 35.5. The fourth-order valence-electron chi connectivity index (χ4n) is 2.76. The van der Waals surface area contributed by atoms with Crippen molar-refractivity contribution in [2.75, 3.05) is 18.0 Å². The van der Waals surface area contributed by atoms with Crippen molar-refractivity contribution in [2.24, 2.45) is 0 Å². The van der Waals surface area contributed by atoms with E-state index in [-0.39, 0.29) is 5.56 Å². The fraction of sp³-hybridized carbons (Fsp3) is 0.333. The van der Waals surface area contributed by atoms with Crippen LogP contribution in [0.3, 0.4) is 0 Å². The first kappa shape index (κ1) is 13.9. The van der Waals surface area contributed by atoms with E-state index in [1.807, 2.05) is 16.9 Å². The van der Waals surface area contributed by atoms with Crippen molar-refractivity contribution in [3.8, 4) is 0 Å². The average molecular weight is 306 g/mol. The topological polar surface area (TPSA) is 58.4 Å². The molecule has 2 aromatic rings. The van der Waals surface area contributed by atoms with Crippen LogP contribution >= 0.6 is 11.6 Å². The summed E-state index contributed by atoms with van der Waals surface area (Å²) in [6, 6.07) is 7.17. The summed E-state index contributed by atoms with van der Waals surface area (Å²) in [5.41, 5.74) is 1.07. The predicted molar refractivity (Wildman–Crippen MR) is 81.1 cm³/mol. The molecule has 0 bridgehead atoms. The highest BCUT2D eigenvalue weighted by Crippen LogP contribution is 2.31. The number of rotatable bonds is 3. The average Bonchev–Trinajstić information content (AvgIpc) is 3.02. The number of hydrogen-bond donors (Lipinski definition) is 1. The van der Waals surface area contributed by atoms with E-state index in [9.17, 15) is 4.79 Å². The minimum atomic E-state index is -0.931. The van der Waals surface area contributed by atoms with E-state index in [0.717, 1.165) is 31.6 Å². The van der Waals surface area contributed by atoms with Gasteiger partial charge in [0.05, 0.1) is 22.3 Å². The first-order chi connectivity index (χ1) is 10.1. The van der Waals surface area contributed by atoms with Gasteiger partial charge >= 0.3 is 5.97 Å². The first-order valence-corrected chi connectivity index (χ1v) is 7.30. The third-order valence-electron chi connectivity index (χ3n) is 3.90. The van der Waals surface area contributed by atoms with Crippen LogP contribution < -0.4 is 4.90 Å². The van der Waals surface area contributed by atoms with Crippen molar-refractivity contribution in [2.45, 2.75) is 18.9 Å². The Morgan fingerprint density at radius 2 is 2.10 bits per heavy atom. The summed E-state index contributed by atoms with van der Waals surface area (Å²) < 4.78 is 1.99. The summed E-state index contributed by atoms with van der Waals surface area (Å²) in [5.74, 6) is -0.931. The van der Waals surface area contributed by atoms with Crippen LogP contribution in [0.4, 0.5) is 5.69 Å². The van der Waals surface area contributed by atoms with E-state index in [1.165, 1.54) is 6.07 Å². The van der Waals surface area contributed by atoms with Crippen LogP contribution in [0.25, 0.3) is 0 Å². The maximum atomic E-state index is 11.1. The second-order valence-corrected chi connectivity index (χ2v) is 5.58. The molecule has 1 aromatic carbocycles. The molecule has 1 aromatic heterocycles. The molecule has 0 unspecified atom stereocenters. The van der Waals surface area contributed by atoms with Gasteiger partial charge < -0.3 is 10.0 Å². The van der Waals surface area contributed by atoms with E-state index in [4.69, 9.17) is 16.7 Å². The van der Waals surface area contributed by atoms with Gasteiger partial charge in [-0.1, -0.05) is 11.6 Å². The molecule has 2 heterocycles. The Morgan fingerprint density at radius 1 is 1.33 bits per heavy atom. The third kappa shape index (κ3) is 2.88. The van der Waals surface area contributed by atoms with Crippen molar-refractivity contribution >= 4 is 23.3 Å². The van der Waals surface area contributed by atoms with Crippen LogP contribution in [0.2, 0.25) is 5.02 Å². The number of hydrogen-bond acceptors (Lipinski definition) is 3. The van der Waals surface area contributed by atoms with E-state index in [1.54, 1.807) is 18.3 Å². The molecule has 0 amide bonds. The molecule has 0 atom stereocenters. The van der Waals surface area contributed by atoms with Crippen LogP contribution in [-0.4, -0.2) is 33.9 Å². The summed E-state index contributed by atoms with van der Waals surface area (Å²) in [5, 5.41) is 14.0. The lowest BCUT2D eigenvalue weighted by molar-refractivity contribution is 0.0697. The zero-order valence-corrected chi connectivity index (χ0v) is 12.2. The van der Waals surface area contributed by atoms with Crippen LogP contribution in [0.5, 0.6) is 0 Å². The van der Waals surface area contributed by atoms with Gasteiger partial charge in [-0.2, -0.15) is 5.10 Å². The highest BCUT2D eigenvalue weighted by molar-refractivity contribution is 6.33. The van der Waals surface area contributed by atoms with Gasteiger partial charge in [0, 0.05) is 25.5 Å².